The van der Waals surface area contributed by atoms with E-state index in [1.54, 1.807) is 29.2 Å². The van der Waals surface area contributed by atoms with E-state index in [2.05, 4.69) is 0 Å². The summed E-state index contributed by atoms with van der Waals surface area (Å²) in [7, 11) is 0. The largest absolute Gasteiger partial charge is 0.396 e. The Morgan fingerprint density at radius 2 is 2.05 bits per heavy atom. The highest BCUT2D eigenvalue weighted by Crippen LogP contribution is 2.25. The van der Waals surface area contributed by atoms with Gasteiger partial charge in [-0.2, -0.15) is 0 Å². The number of benzene rings is 1. The molecule has 0 aliphatic carbocycles. The number of aliphatic hydroxyl groups is 2. The fourth-order valence-electron chi connectivity index (χ4n) is 2.76. The van der Waals surface area contributed by atoms with Gasteiger partial charge in [0.15, 0.2) is 0 Å². The molecule has 1 amide bonds. The van der Waals surface area contributed by atoms with Gasteiger partial charge in [-0.05, 0) is 43.4 Å². The molecule has 21 heavy (non-hydrogen) atoms. The van der Waals surface area contributed by atoms with Crippen LogP contribution in [-0.2, 0) is 4.79 Å². The van der Waals surface area contributed by atoms with E-state index in [0.717, 1.165) is 12.8 Å². The van der Waals surface area contributed by atoms with Crippen LogP contribution in [0.15, 0.2) is 24.3 Å². The Labute approximate surface area is 130 Å². The Kier molecular flexibility index (Phi) is 5.62. The molecule has 1 saturated heterocycles. The summed E-state index contributed by atoms with van der Waals surface area (Å²) in [5.41, 5.74) is 0.691. The minimum Gasteiger partial charge on any atom is -0.396 e. The second-order valence-electron chi connectivity index (χ2n) is 5.79. The predicted molar refractivity (Wildman–Crippen MR) is 82.0 cm³/mol. The highest BCUT2D eigenvalue weighted by molar-refractivity contribution is 6.30. The van der Waals surface area contributed by atoms with Gasteiger partial charge in [0.2, 0.25) is 5.91 Å². The van der Waals surface area contributed by atoms with E-state index in [9.17, 15) is 15.0 Å². The normalized spacial score (nSPS) is 23.9. The lowest BCUT2D eigenvalue weighted by atomic mass is 9.93. The lowest BCUT2D eigenvalue weighted by Crippen LogP contribution is -2.46. The number of carbonyl (C=O) groups excluding carboxylic acids is 1. The molecule has 1 aliphatic rings. The zero-order chi connectivity index (χ0) is 15.4. The van der Waals surface area contributed by atoms with Crippen LogP contribution in [0.1, 0.15) is 37.9 Å². The van der Waals surface area contributed by atoms with Gasteiger partial charge in [-0.25, -0.2) is 0 Å². The number of hydrogen-bond donors (Lipinski definition) is 2. The predicted octanol–water partition coefficient (Wildman–Crippen LogP) is 2.38. The minimum atomic E-state index is -0.823. The third kappa shape index (κ3) is 4.19. The quantitative estimate of drug-likeness (QED) is 0.897. The van der Waals surface area contributed by atoms with Gasteiger partial charge in [0.05, 0.1) is 12.5 Å². The molecular formula is C16H22ClNO3. The molecule has 0 spiro atoms. The van der Waals surface area contributed by atoms with Crippen molar-refractivity contribution in [1.82, 2.24) is 4.90 Å². The number of amides is 1. The first-order valence-electron chi connectivity index (χ1n) is 7.35. The summed E-state index contributed by atoms with van der Waals surface area (Å²) in [4.78, 5) is 14.2. The third-order valence-corrected chi connectivity index (χ3v) is 4.43. The van der Waals surface area contributed by atoms with Crippen molar-refractivity contribution in [3.8, 4) is 0 Å². The van der Waals surface area contributed by atoms with Crippen LogP contribution in [0.25, 0.3) is 0 Å². The van der Waals surface area contributed by atoms with Crippen LogP contribution in [0.4, 0.5) is 0 Å². The first-order valence-corrected chi connectivity index (χ1v) is 7.73. The van der Waals surface area contributed by atoms with E-state index in [0.29, 0.717) is 17.1 Å². The maximum Gasteiger partial charge on any atom is 0.225 e. The second kappa shape index (κ2) is 7.25. The molecule has 1 aromatic rings. The van der Waals surface area contributed by atoms with E-state index in [1.165, 1.54) is 0 Å². The van der Waals surface area contributed by atoms with Gasteiger partial charge in [0.1, 0.15) is 0 Å². The van der Waals surface area contributed by atoms with E-state index < -0.39 is 6.10 Å². The van der Waals surface area contributed by atoms with Crippen molar-refractivity contribution in [2.24, 2.45) is 5.92 Å². The van der Waals surface area contributed by atoms with Crippen molar-refractivity contribution in [3.05, 3.63) is 34.9 Å². The molecule has 3 unspecified atom stereocenters. The molecule has 0 aromatic heterocycles. The van der Waals surface area contributed by atoms with Crippen LogP contribution >= 0.6 is 11.6 Å². The van der Waals surface area contributed by atoms with Crippen LogP contribution in [0, 0.1) is 5.92 Å². The number of likely N-dealkylation sites (tertiary alicyclic amines) is 1. The van der Waals surface area contributed by atoms with Gasteiger partial charge < -0.3 is 15.1 Å². The second-order valence-corrected chi connectivity index (χ2v) is 6.23. The Hall–Kier alpha value is -1.10. The molecule has 0 saturated carbocycles. The van der Waals surface area contributed by atoms with Crippen LogP contribution in [-0.4, -0.2) is 40.2 Å². The van der Waals surface area contributed by atoms with Gasteiger partial charge >= 0.3 is 0 Å². The molecule has 3 atom stereocenters. The first-order chi connectivity index (χ1) is 10.0. The van der Waals surface area contributed by atoms with Crippen molar-refractivity contribution in [2.45, 2.75) is 38.3 Å². The van der Waals surface area contributed by atoms with Crippen LogP contribution in [0.3, 0.4) is 0 Å². The van der Waals surface area contributed by atoms with Crippen molar-refractivity contribution in [2.75, 3.05) is 13.2 Å². The number of aliphatic hydroxyl groups excluding tert-OH is 2. The van der Waals surface area contributed by atoms with Gasteiger partial charge in [0, 0.05) is 24.2 Å². The Morgan fingerprint density at radius 3 is 2.67 bits per heavy atom. The highest BCUT2D eigenvalue weighted by Gasteiger charge is 2.29. The summed E-state index contributed by atoms with van der Waals surface area (Å²) in [5.74, 6) is 0.0842. The fourth-order valence-corrected chi connectivity index (χ4v) is 2.89. The number of piperidine rings is 1. The van der Waals surface area contributed by atoms with Crippen molar-refractivity contribution in [3.63, 3.8) is 0 Å². The molecule has 2 N–H and O–H groups in total. The number of hydrogen-bond acceptors (Lipinski definition) is 3. The zero-order valence-corrected chi connectivity index (χ0v) is 13.0. The SMILES string of the molecule is CC1CCC(CO)CN1C(=O)CC(O)c1ccc(Cl)cc1. The van der Waals surface area contributed by atoms with Crippen LogP contribution in [0.5, 0.6) is 0 Å². The number of rotatable bonds is 4. The minimum absolute atomic E-state index is 0.0596. The summed E-state index contributed by atoms with van der Waals surface area (Å²) >= 11 is 5.81. The van der Waals surface area contributed by atoms with Gasteiger partial charge in [-0.15, -0.1) is 0 Å². The molecule has 0 bridgehead atoms. The monoisotopic (exact) mass is 311 g/mol. The van der Waals surface area contributed by atoms with Crippen molar-refractivity contribution in [1.29, 1.82) is 0 Å². The van der Waals surface area contributed by atoms with Crippen LogP contribution < -0.4 is 0 Å². The molecule has 1 aromatic carbocycles. The highest BCUT2D eigenvalue weighted by atomic mass is 35.5. The van der Waals surface area contributed by atoms with Gasteiger partial charge in [0.25, 0.3) is 0 Å². The molecule has 1 aliphatic heterocycles. The summed E-state index contributed by atoms with van der Waals surface area (Å²) in [6.07, 6.45) is 1.08. The Bertz CT molecular complexity index is 477. The van der Waals surface area contributed by atoms with Gasteiger partial charge in [-0.1, -0.05) is 23.7 Å². The Balaban J connectivity index is 1.97. The molecule has 0 radical (unpaired) electrons. The maximum absolute atomic E-state index is 12.4. The van der Waals surface area contributed by atoms with E-state index in [4.69, 9.17) is 11.6 Å². The molecule has 1 heterocycles. The third-order valence-electron chi connectivity index (χ3n) is 4.18. The summed E-state index contributed by atoms with van der Waals surface area (Å²) in [5, 5.41) is 20.0. The molecular weight excluding hydrogens is 290 g/mol. The standard InChI is InChI=1S/C16H22ClNO3/c1-11-2-3-12(10-19)9-18(11)16(21)8-15(20)13-4-6-14(17)7-5-13/h4-7,11-12,15,19-20H,2-3,8-10H2,1H3. The van der Waals surface area contributed by atoms with E-state index in [1.807, 2.05) is 6.92 Å². The number of halogens is 1. The lowest BCUT2D eigenvalue weighted by molar-refractivity contribution is -0.138. The first kappa shape index (κ1) is 16.3. The molecule has 2 rings (SSSR count). The van der Waals surface area contributed by atoms with Crippen LogP contribution in [0.2, 0.25) is 5.02 Å². The average Bonchev–Trinajstić information content (AvgIpc) is 2.48. The summed E-state index contributed by atoms with van der Waals surface area (Å²) < 4.78 is 0. The smallest absolute Gasteiger partial charge is 0.225 e. The lowest BCUT2D eigenvalue weighted by Gasteiger charge is -2.38. The topological polar surface area (TPSA) is 60.8 Å². The number of carbonyl (C=O) groups is 1. The molecule has 4 nitrogen and oxygen atoms in total. The van der Waals surface area contributed by atoms with E-state index in [-0.39, 0.29) is 30.9 Å². The molecule has 5 heteroatoms. The average molecular weight is 312 g/mol. The van der Waals surface area contributed by atoms with Crippen molar-refractivity contribution >= 4 is 17.5 Å². The van der Waals surface area contributed by atoms with Crippen molar-refractivity contribution < 1.29 is 15.0 Å². The Morgan fingerprint density at radius 1 is 1.38 bits per heavy atom. The summed E-state index contributed by atoms with van der Waals surface area (Å²) in [6, 6.07) is 7.04. The summed E-state index contributed by atoms with van der Waals surface area (Å²) in [6.45, 7) is 2.69. The van der Waals surface area contributed by atoms with E-state index >= 15 is 0 Å². The zero-order valence-electron chi connectivity index (χ0n) is 12.2. The number of nitrogens with zero attached hydrogens (tertiary/aromatic N) is 1. The molecule has 116 valence electrons. The molecule has 1 fully saturated rings. The van der Waals surface area contributed by atoms with Gasteiger partial charge in [-0.3, -0.25) is 4.79 Å². The maximum atomic E-state index is 12.4. The fraction of sp³-hybridized carbons (Fsp3) is 0.562.